The molecule has 180 valence electrons. The van der Waals surface area contributed by atoms with Gasteiger partial charge in [-0.2, -0.15) is 0 Å². The first-order valence-corrected chi connectivity index (χ1v) is 13.7. The summed E-state index contributed by atoms with van der Waals surface area (Å²) in [7, 11) is 2.28. The molecule has 0 amide bonds. The Labute approximate surface area is 203 Å². The molecule has 6 heteroatoms. The lowest BCUT2D eigenvalue weighted by Gasteiger charge is -2.34. The van der Waals surface area contributed by atoms with E-state index in [4.69, 9.17) is 9.26 Å². The van der Waals surface area contributed by atoms with Gasteiger partial charge in [0.1, 0.15) is 11.5 Å². The van der Waals surface area contributed by atoms with Gasteiger partial charge in [-0.25, -0.2) is 0 Å². The Morgan fingerprint density at radius 2 is 1.53 bits per heavy atom. The van der Waals surface area contributed by atoms with Crippen molar-refractivity contribution in [3.8, 4) is 5.75 Å². The average Bonchev–Trinajstić information content (AvgIpc) is 2.88. The molecule has 0 heterocycles. The molecule has 5 nitrogen and oxygen atoms in total. The Kier molecular flexibility index (Phi) is 7.97. The van der Waals surface area contributed by atoms with Crippen molar-refractivity contribution >= 4 is 24.0 Å². The molecule has 1 N–H and O–H groups in total. The minimum atomic E-state index is -3.38. The van der Waals surface area contributed by atoms with Crippen LogP contribution in [0.3, 0.4) is 0 Å². The van der Waals surface area contributed by atoms with E-state index in [1.54, 1.807) is 7.11 Å². The van der Waals surface area contributed by atoms with Crippen LogP contribution in [0, 0.1) is 0 Å². The van der Waals surface area contributed by atoms with Crippen LogP contribution in [0.2, 0.25) is 0 Å². The molecule has 0 radical (unpaired) electrons. The van der Waals surface area contributed by atoms with Crippen molar-refractivity contribution in [3.63, 3.8) is 0 Å². The zero-order chi connectivity index (χ0) is 24.0. The van der Waals surface area contributed by atoms with Crippen LogP contribution in [0.25, 0.3) is 0 Å². The second-order valence-electron chi connectivity index (χ2n) is 9.06. The monoisotopic (exact) mass is 478 g/mol. The number of hydrogen-bond acceptors (Lipinski definition) is 5. The lowest BCUT2D eigenvalue weighted by Crippen LogP contribution is -2.25. The molecular weight excluding hydrogens is 443 g/mol. The molecule has 4 rings (SSSR count). The largest absolute Gasteiger partial charge is 0.497 e. The molecule has 1 saturated carbocycles. The Balaban J connectivity index is 1.80. The summed E-state index contributed by atoms with van der Waals surface area (Å²) in [5, 5.41) is 4.29. The van der Waals surface area contributed by atoms with E-state index in [-0.39, 0.29) is 6.10 Å². The van der Waals surface area contributed by atoms with Gasteiger partial charge < -0.3 is 19.5 Å². The molecule has 0 bridgehead atoms. The van der Waals surface area contributed by atoms with E-state index in [0.29, 0.717) is 0 Å². The molecule has 3 aromatic carbocycles. The van der Waals surface area contributed by atoms with Crippen LogP contribution in [0.15, 0.2) is 78.9 Å². The van der Waals surface area contributed by atoms with Crippen LogP contribution in [-0.2, 0) is 9.09 Å². The van der Waals surface area contributed by atoms with Gasteiger partial charge in [0.2, 0.25) is 0 Å². The predicted octanol–water partition coefficient (Wildman–Crippen LogP) is 6.82. The summed E-state index contributed by atoms with van der Waals surface area (Å²) in [5.41, 5.74) is 2.87. The zero-order valence-corrected chi connectivity index (χ0v) is 21.2. The van der Waals surface area contributed by atoms with E-state index in [9.17, 15) is 0 Å². The zero-order valence-electron chi connectivity index (χ0n) is 20.3. The highest BCUT2D eigenvalue weighted by molar-refractivity contribution is 7.67. The molecule has 34 heavy (non-hydrogen) atoms. The van der Waals surface area contributed by atoms with E-state index >= 15 is 4.57 Å². The maximum atomic E-state index is 15.1. The molecule has 2 atom stereocenters. The van der Waals surface area contributed by atoms with Crippen LogP contribution < -0.4 is 20.3 Å². The number of benzene rings is 3. The van der Waals surface area contributed by atoms with E-state index in [1.807, 2.05) is 97.9 Å². The standard InChI is InChI=1S/C28H35N2O3P/c1-30(2)24-16-20-27(21-17-24)34(31,33-26-12-8-5-9-13-26)28(29-23-10-6-4-7-11-23)22-14-18-25(32-3)19-15-22/h4,6-7,10-11,14-21,26,28-29H,5,8-9,12-13H2,1-3H3/t28-,34-/m0/s1. The van der Waals surface area contributed by atoms with Crippen molar-refractivity contribution in [2.24, 2.45) is 0 Å². The van der Waals surface area contributed by atoms with E-state index in [2.05, 4.69) is 5.32 Å². The molecule has 0 spiro atoms. The molecule has 1 fully saturated rings. The Morgan fingerprint density at radius 3 is 2.12 bits per heavy atom. The minimum Gasteiger partial charge on any atom is -0.497 e. The highest BCUT2D eigenvalue weighted by Crippen LogP contribution is 2.60. The molecule has 3 aromatic rings. The van der Waals surface area contributed by atoms with Gasteiger partial charge in [0.05, 0.1) is 13.2 Å². The Morgan fingerprint density at radius 1 is 0.882 bits per heavy atom. The molecule has 0 aromatic heterocycles. The third-order valence-electron chi connectivity index (χ3n) is 6.43. The number of anilines is 2. The predicted molar refractivity (Wildman–Crippen MR) is 142 cm³/mol. The summed E-state index contributed by atoms with van der Waals surface area (Å²) >= 11 is 0. The van der Waals surface area contributed by atoms with Crippen LogP contribution >= 0.6 is 7.37 Å². The van der Waals surface area contributed by atoms with Crippen molar-refractivity contribution in [2.45, 2.75) is 44.0 Å². The quantitative estimate of drug-likeness (QED) is 0.342. The van der Waals surface area contributed by atoms with E-state index in [0.717, 1.165) is 53.7 Å². The number of para-hydroxylation sites is 1. The summed E-state index contributed by atoms with van der Waals surface area (Å²) in [6.45, 7) is 0. The van der Waals surface area contributed by atoms with Gasteiger partial charge >= 0.3 is 0 Å². The van der Waals surface area contributed by atoms with Crippen molar-refractivity contribution < 1.29 is 13.8 Å². The maximum absolute atomic E-state index is 15.1. The number of hydrogen-bond donors (Lipinski definition) is 1. The topological polar surface area (TPSA) is 50.8 Å². The number of ether oxygens (including phenoxy) is 1. The normalized spacial score (nSPS) is 16.9. The van der Waals surface area contributed by atoms with Crippen LogP contribution in [0.5, 0.6) is 5.75 Å². The molecular formula is C28H35N2O3P. The lowest BCUT2D eigenvalue weighted by molar-refractivity contribution is 0.159. The fourth-order valence-corrected chi connectivity index (χ4v) is 7.11. The third-order valence-corrected chi connectivity index (χ3v) is 9.17. The van der Waals surface area contributed by atoms with Gasteiger partial charge in [-0.3, -0.25) is 4.57 Å². The van der Waals surface area contributed by atoms with Gasteiger partial charge in [-0.1, -0.05) is 49.6 Å². The van der Waals surface area contributed by atoms with E-state index in [1.165, 1.54) is 6.42 Å². The Bertz CT molecular complexity index is 1080. The fraction of sp³-hybridized carbons (Fsp3) is 0.357. The van der Waals surface area contributed by atoms with Crippen LogP contribution in [0.4, 0.5) is 11.4 Å². The maximum Gasteiger partial charge on any atom is 0.258 e. The molecule has 0 aliphatic heterocycles. The summed E-state index contributed by atoms with van der Waals surface area (Å²) < 4.78 is 27.1. The highest BCUT2D eigenvalue weighted by Gasteiger charge is 2.40. The van der Waals surface area contributed by atoms with Crippen molar-refractivity contribution in [1.29, 1.82) is 0 Å². The first kappa shape index (κ1) is 24.4. The number of nitrogens with one attached hydrogen (secondary N) is 1. The minimum absolute atomic E-state index is 0.00793. The molecule has 0 unspecified atom stereocenters. The third kappa shape index (κ3) is 5.65. The summed E-state index contributed by atoms with van der Waals surface area (Å²) in [4.78, 5) is 2.04. The molecule has 0 saturated heterocycles. The first-order valence-electron chi connectivity index (χ1n) is 12.0. The summed E-state index contributed by atoms with van der Waals surface area (Å²) in [6.07, 6.45) is 5.33. The van der Waals surface area contributed by atoms with E-state index < -0.39 is 13.2 Å². The smallest absolute Gasteiger partial charge is 0.258 e. The van der Waals surface area contributed by atoms with Gasteiger partial charge in [0, 0.05) is 30.8 Å². The molecule has 1 aliphatic rings. The fourth-order valence-electron chi connectivity index (χ4n) is 4.46. The molecule has 1 aliphatic carbocycles. The van der Waals surface area contributed by atoms with Gasteiger partial charge in [-0.15, -0.1) is 0 Å². The lowest BCUT2D eigenvalue weighted by atomic mass is 9.98. The van der Waals surface area contributed by atoms with Gasteiger partial charge in [-0.05, 0) is 66.9 Å². The SMILES string of the molecule is COc1ccc([C@@H](Nc2ccccc2)[P@@](=O)(OC2CCCCC2)c2ccc(N(C)C)cc2)cc1. The number of rotatable bonds is 9. The van der Waals surface area contributed by atoms with Crippen molar-refractivity contribution in [2.75, 3.05) is 31.4 Å². The second-order valence-corrected chi connectivity index (χ2v) is 11.5. The summed E-state index contributed by atoms with van der Waals surface area (Å²) in [5.74, 6) is 0.230. The first-order chi connectivity index (χ1) is 16.5. The van der Waals surface area contributed by atoms with Crippen molar-refractivity contribution in [3.05, 3.63) is 84.4 Å². The van der Waals surface area contributed by atoms with Crippen LogP contribution in [0.1, 0.15) is 43.5 Å². The second kappa shape index (κ2) is 11.1. The Hall–Kier alpha value is -2.75. The van der Waals surface area contributed by atoms with Gasteiger partial charge in [0.25, 0.3) is 7.37 Å². The summed E-state index contributed by atoms with van der Waals surface area (Å²) in [6, 6.07) is 25.7. The average molecular weight is 479 g/mol. The number of methoxy groups -OCH3 is 1. The van der Waals surface area contributed by atoms with Gasteiger partial charge in [0.15, 0.2) is 0 Å². The highest BCUT2D eigenvalue weighted by atomic mass is 31.2. The number of nitrogens with zero attached hydrogens (tertiary/aromatic N) is 1. The van der Waals surface area contributed by atoms with Crippen LogP contribution in [-0.4, -0.2) is 27.3 Å². The van der Waals surface area contributed by atoms with Crippen molar-refractivity contribution in [1.82, 2.24) is 0 Å².